The molecule has 106 valence electrons. The first-order valence-electron chi connectivity index (χ1n) is 8.05. The summed E-state index contributed by atoms with van der Waals surface area (Å²) in [5, 5.41) is 3.76. The summed E-state index contributed by atoms with van der Waals surface area (Å²) in [5.41, 5.74) is 3.00. The van der Waals surface area contributed by atoms with E-state index in [1.54, 1.807) is 0 Å². The zero-order valence-electron chi connectivity index (χ0n) is 12.8. The Hall–Kier alpha value is -0.820. The third kappa shape index (κ3) is 3.82. The average Bonchev–Trinajstić information content (AvgIpc) is 2.45. The van der Waals surface area contributed by atoms with Crippen molar-refractivity contribution in [2.24, 2.45) is 0 Å². The highest BCUT2D eigenvalue weighted by Crippen LogP contribution is 2.33. The second-order valence-corrected chi connectivity index (χ2v) is 6.27. The van der Waals surface area contributed by atoms with Gasteiger partial charge in [0, 0.05) is 6.04 Å². The van der Waals surface area contributed by atoms with E-state index in [4.69, 9.17) is 0 Å². The van der Waals surface area contributed by atoms with Gasteiger partial charge in [0.05, 0.1) is 0 Å². The third-order valence-electron chi connectivity index (χ3n) is 4.45. The van der Waals surface area contributed by atoms with Crippen LogP contribution in [0.3, 0.4) is 0 Å². The highest BCUT2D eigenvalue weighted by molar-refractivity contribution is 5.28. The maximum atomic E-state index is 3.76. The summed E-state index contributed by atoms with van der Waals surface area (Å²) in [7, 11) is 0. The minimum atomic E-state index is 0.634. The first-order chi connectivity index (χ1) is 9.22. The Morgan fingerprint density at radius 3 is 2.42 bits per heavy atom. The predicted molar refractivity (Wildman–Crippen MR) is 83.8 cm³/mol. The van der Waals surface area contributed by atoms with E-state index in [9.17, 15) is 0 Å². The molecule has 2 unspecified atom stereocenters. The van der Waals surface area contributed by atoms with Crippen molar-refractivity contribution >= 4 is 0 Å². The smallest absolute Gasteiger partial charge is 0.0136 e. The molecule has 1 fully saturated rings. The van der Waals surface area contributed by atoms with Crippen molar-refractivity contribution in [2.45, 2.75) is 70.8 Å². The van der Waals surface area contributed by atoms with Crippen molar-refractivity contribution in [1.82, 2.24) is 5.32 Å². The van der Waals surface area contributed by atoms with E-state index < -0.39 is 0 Å². The molecule has 2 rings (SSSR count). The van der Waals surface area contributed by atoms with Crippen LogP contribution in [-0.4, -0.2) is 12.6 Å². The van der Waals surface area contributed by atoms with E-state index in [-0.39, 0.29) is 0 Å². The number of hydrogen-bond donors (Lipinski definition) is 1. The molecule has 0 aromatic heterocycles. The van der Waals surface area contributed by atoms with Crippen LogP contribution in [0.25, 0.3) is 0 Å². The van der Waals surface area contributed by atoms with Gasteiger partial charge in [-0.15, -0.1) is 0 Å². The summed E-state index contributed by atoms with van der Waals surface area (Å²) in [6.07, 6.45) is 6.71. The highest BCUT2D eigenvalue weighted by Gasteiger charge is 2.25. The molecule has 0 aliphatic heterocycles. The maximum absolute atomic E-state index is 3.76. The Balaban J connectivity index is 2.08. The lowest BCUT2D eigenvalue weighted by atomic mass is 9.79. The number of hydrogen-bond acceptors (Lipinski definition) is 1. The quantitative estimate of drug-likeness (QED) is 0.798. The van der Waals surface area contributed by atoms with Crippen LogP contribution < -0.4 is 5.32 Å². The molecule has 1 heteroatoms. The van der Waals surface area contributed by atoms with Gasteiger partial charge in [0.2, 0.25) is 0 Å². The van der Waals surface area contributed by atoms with Crippen LogP contribution in [0.2, 0.25) is 0 Å². The van der Waals surface area contributed by atoms with Crippen LogP contribution in [0.4, 0.5) is 0 Å². The molecule has 1 aromatic rings. The molecule has 0 saturated heterocycles. The van der Waals surface area contributed by atoms with Crippen LogP contribution in [0, 0.1) is 0 Å². The molecule has 2 atom stereocenters. The van der Waals surface area contributed by atoms with E-state index in [2.05, 4.69) is 50.4 Å². The van der Waals surface area contributed by atoms with E-state index in [0.717, 1.165) is 12.5 Å². The zero-order chi connectivity index (χ0) is 13.7. The maximum Gasteiger partial charge on any atom is 0.0136 e. The fourth-order valence-corrected chi connectivity index (χ4v) is 3.23. The van der Waals surface area contributed by atoms with Crippen LogP contribution in [0.15, 0.2) is 24.3 Å². The normalized spacial score (nSPS) is 23.8. The van der Waals surface area contributed by atoms with Crippen LogP contribution in [0.1, 0.15) is 75.8 Å². The monoisotopic (exact) mass is 259 g/mol. The SMILES string of the molecule is CCCNC1CCCCC1c1ccc(C(C)C)cc1. The Kier molecular flexibility index (Phi) is 5.45. The summed E-state index contributed by atoms with van der Waals surface area (Å²) in [6, 6.07) is 10.1. The van der Waals surface area contributed by atoms with Gasteiger partial charge in [-0.1, -0.05) is 57.9 Å². The molecule has 1 N–H and O–H groups in total. The van der Waals surface area contributed by atoms with Crippen LogP contribution in [0.5, 0.6) is 0 Å². The van der Waals surface area contributed by atoms with E-state index >= 15 is 0 Å². The number of nitrogens with one attached hydrogen (secondary N) is 1. The minimum Gasteiger partial charge on any atom is -0.313 e. The van der Waals surface area contributed by atoms with Gasteiger partial charge >= 0.3 is 0 Å². The van der Waals surface area contributed by atoms with Crippen molar-refractivity contribution in [3.05, 3.63) is 35.4 Å². The predicted octanol–water partition coefficient (Wildman–Crippen LogP) is 4.84. The van der Waals surface area contributed by atoms with Gasteiger partial charge in [-0.05, 0) is 48.8 Å². The van der Waals surface area contributed by atoms with Crippen molar-refractivity contribution in [1.29, 1.82) is 0 Å². The van der Waals surface area contributed by atoms with Crippen molar-refractivity contribution < 1.29 is 0 Å². The van der Waals surface area contributed by atoms with Crippen LogP contribution >= 0.6 is 0 Å². The van der Waals surface area contributed by atoms with Gasteiger partial charge in [-0.3, -0.25) is 0 Å². The van der Waals surface area contributed by atoms with Crippen molar-refractivity contribution in [3.63, 3.8) is 0 Å². The molecule has 1 nitrogen and oxygen atoms in total. The molecule has 19 heavy (non-hydrogen) atoms. The highest BCUT2D eigenvalue weighted by atomic mass is 14.9. The first-order valence-corrected chi connectivity index (χ1v) is 8.05. The van der Waals surface area contributed by atoms with Crippen molar-refractivity contribution in [2.75, 3.05) is 6.54 Å². The second kappa shape index (κ2) is 7.09. The second-order valence-electron chi connectivity index (χ2n) is 6.27. The van der Waals surface area contributed by atoms with Crippen molar-refractivity contribution in [3.8, 4) is 0 Å². The van der Waals surface area contributed by atoms with Crippen LogP contribution in [-0.2, 0) is 0 Å². The standard InChI is InChI=1S/C18H29N/c1-4-13-19-18-8-6-5-7-17(18)16-11-9-15(10-12-16)14(2)3/h9-12,14,17-19H,4-8,13H2,1-3H3. The summed E-state index contributed by atoms with van der Waals surface area (Å²) in [4.78, 5) is 0. The molecule has 0 amide bonds. The molecule has 0 spiro atoms. The minimum absolute atomic E-state index is 0.634. The molecule has 1 aromatic carbocycles. The molecule has 0 bridgehead atoms. The molecular weight excluding hydrogens is 230 g/mol. The lowest BCUT2D eigenvalue weighted by Crippen LogP contribution is -2.37. The summed E-state index contributed by atoms with van der Waals surface area (Å²) < 4.78 is 0. The molecule has 1 aliphatic carbocycles. The van der Waals surface area contributed by atoms with Gasteiger partial charge in [0.1, 0.15) is 0 Å². The largest absolute Gasteiger partial charge is 0.313 e. The average molecular weight is 259 g/mol. The lowest BCUT2D eigenvalue weighted by molar-refractivity contribution is 0.328. The molecular formula is C18H29N. The zero-order valence-corrected chi connectivity index (χ0v) is 12.8. The number of benzene rings is 1. The van der Waals surface area contributed by atoms with Gasteiger partial charge in [0.15, 0.2) is 0 Å². The van der Waals surface area contributed by atoms with E-state index in [0.29, 0.717) is 12.0 Å². The third-order valence-corrected chi connectivity index (χ3v) is 4.45. The van der Waals surface area contributed by atoms with E-state index in [1.165, 1.54) is 43.2 Å². The Morgan fingerprint density at radius 2 is 1.79 bits per heavy atom. The first kappa shape index (κ1) is 14.6. The van der Waals surface area contributed by atoms with Gasteiger partial charge in [-0.2, -0.15) is 0 Å². The molecule has 1 saturated carbocycles. The fourth-order valence-electron chi connectivity index (χ4n) is 3.23. The van der Waals surface area contributed by atoms with E-state index in [1.807, 2.05) is 0 Å². The Labute approximate surface area is 118 Å². The summed E-state index contributed by atoms with van der Waals surface area (Å²) in [6.45, 7) is 7.94. The summed E-state index contributed by atoms with van der Waals surface area (Å²) in [5.74, 6) is 1.36. The Bertz CT molecular complexity index is 366. The summed E-state index contributed by atoms with van der Waals surface area (Å²) >= 11 is 0. The van der Waals surface area contributed by atoms with Gasteiger partial charge in [0.25, 0.3) is 0 Å². The Morgan fingerprint density at radius 1 is 1.11 bits per heavy atom. The lowest BCUT2D eigenvalue weighted by Gasteiger charge is -2.33. The fraction of sp³-hybridized carbons (Fsp3) is 0.667. The molecule has 0 heterocycles. The van der Waals surface area contributed by atoms with Gasteiger partial charge < -0.3 is 5.32 Å². The molecule has 1 aliphatic rings. The molecule has 0 radical (unpaired) electrons. The van der Waals surface area contributed by atoms with Gasteiger partial charge in [-0.25, -0.2) is 0 Å². The number of rotatable bonds is 5. The topological polar surface area (TPSA) is 12.0 Å².